The van der Waals surface area contributed by atoms with E-state index in [4.69, 9.17) is 10.8 Å². The van der Waals surface area contributed by atoms with Gasteiger partial charge in [-0.15, -0.1) is 0 Å². The fraction of sp³-hybridized carbons (Fsp3) is 0.455. The van der Waals surface area contributed by atoms with Gasteiger partial charge in [-0.1, -0.05) is 12.1 Å². The standard InChI is InChI=1S/C11H16FNOS/c12-10-4-2-9(3-5-10)11(8-13)15-7-1-6-14/h2-5,11,14H,1,6-8,13H2. The number of hydrogen-bond acceptors (Lipinski definition) is 3. The number of rotatable bonds is 6. The Labute approximate surface area is 93.7 Å². The molecule has 0 aliphatic rings. The molecule has 2 nitrogen and oxygen atoms in total. The van der Waals surface area contributed by atoms with E-state index in [1.807, 2.05) is 0 Å². The largest absolute Gasteiger partial charge is 0.396 e. The molecule has 1 unspecified atom stereocenters. The van der Waals surface area contributed by atoms with E-state index < -0.39 is 0 Å². The number of nitrogens with two attached hydrogens (primary N) is 1. The Balaban J connectivity index is 2.53. The van der Waals surface area contributed by atoms with Crippen LogP contribution in [0, 0.1) is 5.82 Å². The van der Waals surface area contributed by atoms with Crippen LogP contribution in [0.2, 0.25) is 0 Å². The minimum Gasteiger partial charge on any atom is -0.396 e. The first-order chi connectivity index (χ1) is 7.27. The lowest BCUT2D eigenvalue weighted by Gasteiger charge is -2.14. The molecule has 3 N–H and O–H groups in total. The molecule has 0 amide bonds. The van der Waals surface area contributed by atoms with Crippen LogP contribution in [0.15, 0.2) is 24.3 Å². The van der Waals surface area contributed by atoms with Crippen molar-refractivity contribution in [2.75, 3.05) is 18.9 Å². The number of hydrogen-bond donors (Lipinski definition) is 2. The monoisotopic (exact) mass is 229 g/mol. The van der Waals surface area contributed by atoms with Gasteiger partial charge in [0.05, 0.1) is 0 Å². The van der Waals surface area contributed by atoms with E-state index in [1.165, 1.54) is 12.1 Å². The highest BCUT2D eigenvalue weighted by Gasteiger charge is 2.09. The molecule has 1 rings (SSSR count). The van der Waals surface area contributed by atoms with Gasteiger partial charge in [-0.25, -0.2) is 4.39 Å². The summed E-state index contributed by atoms with van der Waals surface area (Å²) in [7, 11) is 0. The average molecular weight is 229 g/mol. The molecule has 0 heterocycles. The van der Waals surface area contributed by atoms with Crippen molar-refractivity contribution in [1.82, 2.24) is 0 Å². The van der Waals surface area contributed by atoms with Crippen LogP contribution in [-0.2, 0) is 0 Å². The Morgan fingerprint density at radius 1 is 1.33 bits per heavy atom. The number of halogens is 1. The van der Waals surface area contributed by atoms with Crippen molar-refractivity contribution in [3.05, 3.63) is 35.6 Å². The summed E-state index contributed by atoms with van der Waals surface area (Å²) in [5.41, 5.74) is 6.69. The highest BCUT2D eigenvalue weighted by atomic mass is 32.2. The number of aliphatic hydroxyl groups is 1. The molecule has 0 saturated carbocycles. The summed E-state index contributed by atoms with van der Waals surface area (Å²) in [4.78, 5) is 0. The van der Waals surface area contributed by atoms with E-state index in [0.29, 0.717) is 6.54 Å². The molecule has 1 atom stereocenters. The molecule has 0 bridgehead atoms. The Hall–Kier alpha value is -0.580. The second-order valence-electron chi connectivity index (χ2n) is 3.22. The normalized spacial score (nSPS) is 12.7. The lowest BCUT2D eigenvalue weighted by atomic mass is 10.1. The summed E-state index contributed by atoms with van der Waals surface area (Å²) in [5.74, 6) is 0.644. The maximum Gasteiger partial charge on any atom is 0.123 e. The minimum absolute atomic E-state index is 0.192. The van der Waals surface area contributed by atoms with Crippen LogP contribution in [0.5, 0.6) is 0 Å². The average Bonchev–Trinajstić information content (AvgIpc) is 2.26. The van der Waals surface area contributed by atoms with Crippen LogP contribution < -0.4 is 5.73 Å². The van der Waals surface area contributed by atoms with E-state index in [-0.39, 0.29) is 17.7 Å². The maximum absolute atomic E-state index is 12.7. The molecule has 84 valence electrons. The zero-order valence-electron chi connectivity index (χ0n) is 8.53. The molecule has 4 heteroatoms. The van der Waals surface area contributed by atoms with Gasteiger partial charge in [-0.05, 0) is 29.9 Å². The molecular formula is C11H16FNOS. The molecule has 0 radical (unpaired) electrons. The molecule has 0 aromatic heterocycles. The zero-order chi connectivity index (χ0) is 11.1. The van der Waals surface area contributed by atoms with E-state index in [0.717, 1.165) is 17.7 Å². The predicted molar refractivity (Wildman–Crippen MR) is 62.4 cm³/mol. The summed E-state index contributed by atoms with van der Waals surface area (Å²) < 4.78 is 12.7. The second kappa shape index (κ2) is 6.82. The Morgan fingerprint density at radius 3 is 2.53 bits per heavy atom. The fourth-order valence-electron chi connectivity index (χ4n) is 1.27. The van der Waals surface area contributed by atoms with Gasteiger partial charge >= 0.3 is 0 Å². The summed E-state index contributed by atoms with van der Waals surface area (Å²) >= 11 is 1.70. The molecule has 0 saturated heterocycles. The lowest BCUT2D eigenvalue weighted by molar-refractivity contribution is 0.296. The van der Waals surface area contributed by atoms with Crippen LogP contribution >= 0.6 is 11.8 Å². The van der Waals surface area contributed by atoms with Gasteiger partial charge in [0, 0.05) is 18.4 Å². The van der Waals surface area contributed by atoms with Gasteiger partial charge in [-0.3, -0.25) is 0 Å². The van der Waals surface area contributed by atoms with Crippen molar-refractivity contribution in [1.29, 1.82) is 0 Å². The smallest absolute Gasteiger partial charge is 0.123 e. The van der Waals surface area contributed by atoms with Crippen molar-refractivity contribution >= 4 is 11.8 Å². The summed E-state index contributed by atoms with van der Waals surface area (Å²) in [6.45, 7) is 0.732. The van der Waals surface area contributed by atoms with Crippen LogP contribution in [0.4, 0.5) is 4.39 Å². The van der Waals surface area contributed by atoms with Crippen molar-refractivity contribution in [3.63, 3.8) is 0 Å². The molecular weight excluding hydrogens is 213 g/mol. The van der Waals surface area contributed by atoms with Gasteiger partial charge < -0.3 is 10.8 Å². The van der Waals surface area contributed by atoms with Gasteiger partial charge in [-0.2, -0.15) is 11.8 Å². The maximum atomic E-state index is 12.7. The van der Waals surface area contributed by atoms with E-state index >= 15 is 0 Å². The second-order valence-corrected chi connectivity index (χ2v) is 4.53. The van der Waals surface area contributed by atoms with Gasteiger partial charge in [0.25, 0.3) is 0 Å². The van der Waals surface area contributed by atoms with E-state index in [9.17, 15) is 4.39 Å². The highest BCUT2D eigenvalue weighted by Crippen LogP contribution is 2.28. The number of thioether (sulfide) groups is 1. The zero-order valence-corrected chi connectivity index (χ0v) is 9.34. The van der Waals surface area contributed by atoms with Crippen LogP contribution in [-0.4, -0.2) is 24.0 Å². The van der Waals surface area contributed by atoms with Crippen LogP contribution in [0.1, 0.15) is 17.2 Å². The highest BCUT2D eigenvalue weighted by molar-refractivity contribution is 7.99. The molecule has 1 aromatic carbocycles. The summed E-state index contributed by atoms with van der Waals surface area (Å²) in [6, 6.07) is 6.42. The SMILES string of the molecule is NCC(SCCCO)c1ccc(F)cc1. The van der Waals surface area contributed by atoms with Gasteiger partial charge in [0.1, 0.15) is 5.82 Å². The van der Waals surface area contributed by atoms with Crippen molar-refractivity contribution in [2.45, 2.75) is 11.7 Å². The van der Waals surface area contributed by atoms with Gasteiger partial charge in [0.15, 0.2) is 0 Å². The topological polar surface area (TPSA) is 46.2 Å². The fourth-order valence-corrected chi connectivity index (χ4v) is 2.33. The Morgan fingerprint density at radius 2 is 2.00 bits per heavy atom. The first-order valence-corrected chi connectivity index (χ1v) is 6.00. The third-order valence-electron chi connectivity index (χ3n) is 2.08. The number of aliphatic hydroxyl groups excluding tert-OH is 1. The van der Waals surface area contributed by atoms with Crippen LogP contribution in [0.25, 0.3) is 0 Å². The predicted octanol–water partition coefficient (Wildman–Crippen LogP) is 1.94. The molecule has 15 heavy (non-hydrogen) atoms. The van der Waals surface area contributed by atoms with Gasteiger partial charge in [0.2, 0.25) is 0 Å². The van der Waals surface area contributed by atoms with Crippen molar-refractivity contribution < 1.29 is 9.50 Å². The molecule has 1 aromatic rings. The molecule has 0 aliphatic heterocycles. The first kappa shape index (κ1) is 12.5. The molecule has 0 spiro atoms. The summed E-state index contributed by atoms with van der Waals surface area (Å²) in [5, 5.41) is 8.86. The molecule has 0 fully saturated rings. The lowest BCUT2D eigenvalue weighted by Crippen LogP contribution is -2.10. The quantitative estimate of drug-likeness (QED) is 0.733. The first-order valence-electron chi connectivity index (χ1n) is 4.96. The number of benzene rings is 1. The van der Waals surface area contributed by atoms with Crippen molar-refractivity contribution in [3.8, 4) is 0 Å². The van der Waals surface area contributed by atoms with E-state index in [1.54, 1.807) is 23.9 Å². The molecule has 0 aliphatic carbocycles. The van der Waals surface area contributed by atoms with Crippen molar-refractivity contribution in [2.24, 2.45) is 5.73 Å². The minimum atomic E-state index is -0.227. The van der Waals surface area contributed by atoms with E-state index in [2.05, 4.69) is 0 Å². The Kier molecular flexibility index (Phi) is 5.68. The third kappa shape index (κ3) is 4.20. The third-order valence-corrected chi connectivity index (χ3v) is 3.47. The Bertz CT molecular complexity index is 278. The summed E-state index contributed by atoms with van der Waals surface area (Å²) in [6.07, 6.45) is 0.766. The van der Waals surface area contributed by atoms with Crippen LogP contribution in [0.3, 0.4) is 0 Å².